The van der Waals surface area contributed by atoms with E-state index in [2.05, 4.69) is 31.0 Å². The van der Waals surface area contributed by atoms with Gasteiger partial charge >= 0.3 is 0 Å². The first kappa shape index (κ1) is 11.1. The summed E-state index contributed by atoms with van der Waals surface area (Å²) in [5, 5.41) is 0. The zero-order valence-corrected chi connectivity index (χ0v) is 9.86. The van der Waals surface area contributed by atoms with Crippen LogP contribution in [0.1, 0.15) is 37.6 Å². The number of aryl methyl sites for hydroxylation is 1. The lowest BCUT2D eigenvalue weighted by Gasteiger charge is -1.98. The molecule has 86 valence electrons. The number of rotatable bonds is 4. The number of nitrogens with two attached hydrogens (primary N) is 1. The van der Waals surface area contributed by atoms with Crippen molar-refractivity contribution < 1.29 is 4.42 Å². The highest BCUT2D eigenvalue weighted by Crippen LogP contribution is 2.22. The van der Waals surface area contributed by atoms with Crippen LogP contribution in [0.5, 0.6) is 0 Å². The predicted octanol–water partition coefficient (Wildman–Crippen LogP) is 2.84. The van der Waals surface area contributed by atoms with Gasteiger partial charge in [-0.2, -0.15) is 0 Å². The van der Waals surface area contributed by atoms with Gasteiger partial charge in [0, 0.05) is 5.92 Å². The van der Waals surface area contributed by atoms with Crippen molar-refractivity contribution in [3.05, 3.63) is 29.7 Å². The van der Waals surface area contributed by atoms with Gasteiger partial charge in [0.05, 0.1) is 0 Å². The number of aromatic nitrogens is 1. The largest absolute Gasteiger partial charge is 0.440 e. The Balaban J connectivity index is 2.30. The van der Waals surface area contributed by atoms with Crippen LogP contribution in [0.15, 0.2) is 22.6 Å². The van der Waals surface area contributed by atoms with Crippen molar-refractivity contribution >= 4 is 11.1 Å². The zero-order valence-electron chi connectivity index (χ0n) is 9.86. The second-order valence-corrected chi connectivity index (χ2v) is 4.40. The quantitative estimate of drug-likeness (QED) is 0.858. The third-order valence-corrected chi connectivity index (χ3v) is 2.63. The smallest absolute Gasteiger partial charge is 0.198 e. The molecule has 16 heavy (non-hydrogen) atoms. The monoisotopic (exact) mass is 218 g/mol. The molecule has 0 bridgehead atoms. The summed E-state index contributed by atoms with van der Waals surface area (Å²) in [6.45, 7) is 4.89. The van der Waals surface area contributed by atoms with Crippen molar-refractivity contribution in [2.45, 2.75) is 32.6 Å². The summed E-state index contributed by atoms with van der Waals surface area (Å²) < 4.78 is 5.71. The minimum Gasteiger partial charge on any atom is -0.440 e. The predicted molar refractivity (Wildman–Crippen MR) is 65.5 cm³/mol. The van der Waals surface area contributed by atoms with Gasteiger partial charge < -0.3 is 10.2 Å². The van der Waals surface area contributed by atoms with Gasteiger partial charge in [0.2, 0.25) is 0 Å². The first-order chi connectivity index (χ1) is 7.70. The summed E-state index contributed by atoms with van der Waals surface area (Å²) in [5.41, 5.74) is 8.60. The molecular formula is C13H18N2O. The van der Waals surface area contributed by atoms with Crippen LogP contribution in [0.4, 0.5) is 0 Å². The molecule has 0 saturated carbocycles. The van der Waals surface area contributed by atoms with Crippen LogP contribution in [0.3, 0.4) is 0 Å². The average Bonchev–Trinajstić information content (AvgIpc) is 2.69. The molecule has 0 aliphatic carbocycles. The molecule has 2 aromatic rings. The molecule has 2 rings (SSSR count). The maximum Gasteiger partial charge on any atom is 0.198 e. The van der Waals surface area contributed by atoms with Gasteiger partial charge in [-0.15, -0.1) is 0 Å². The molecule has 0 fully saturated rings. The van der Waals surface area contributed by atoms with Crippen LogP contribution < -0.4 is 5.73 Å². The maximum atomic E-state index is 5.71. The normalized spacial score (nSPS) is 11.5. The molecule has 0 spiro atoms. The minimum absolute atomic E-state index is 0.333. The van der Waals surface area contributed by atoms with E-state index in [0.717, 1.165) is 36.4 Å². The van der Waals surface area contributed by atoms with E-state index < -0.39 is 0 Å². The van der Waals surface area contributed by atoms with E-state index in [1.165, 1.54) is 5.56 Å². The highest BCUT2D eigenvalue weighted by atomic mass is 16.3. The highest BCUT2D eigenvalue weighted by molar-refractivity contribution is 5.73. The van der Waals surface area contributed by atoms with Gasteiger partial charge in [-0.3, -0.25) is 0 Å². The van der Waals surface area contributed by atoms with Crippen molar-refractivity contribution in [2.75, 3.05) is 6.54 Å². The lowest BCUT2D eigenvalue weighted by atomic mass is 10.1. The standard InChI is InChI=1S/C13H18N2O/c1-9(2)13-15-11-6-5-10(4-3-7-14)8-12(11)16-13/h5-6,8-9H,3-4,7,14H2,1-2H3. The lowest BCUT2D eigenvalue weighted by molar-refractivity contribution is 0.501. The summed E-state index contributed by atoms with van der Waals surface area (Å²) in [6, 6.07) is 6.20. The molecule has 0 saturated heterocycles. The molecule has 1 heterocycles. The van der Waals surface area contributed by atoms with E-state index in [1.807, 2.05) is 6.07 Å². The van der Waals surface area contributed by atoms with Crippen LogP contribution in [0.25, 0.3) is 11.1 Å². The molecule has 2 N–H and O–H groups in total. The topological polar surface area (TPSA) is 52.0 Å². The first-order valence-electron chi connectivity index (χ1n) is 5.80. The Morgan fingerprint density at radius 2 is 2.19 bits per heavy atom. The van der Waals surface area contributed by atoms with Crippen molar-refractivity contribution in [2.24, 2.45) is 5.73 Å². The van der Waals surface area contributed by atoms with Crippen molar-refractivity contribution in [1.82, 2.24) is 4.98 Å². The molecule has 1 aromatic carbocycles. The number of nitrogens with zero attached hydrogens (tertiary/aromatic N) is 1. The van der Waals surface area contributed by atoms with Gasteiger partial charge in [-0.25, -0.2) is 4.98 Å². The Hall–Kier alpha value is -1.35. The van der Waals surface area contributed by atoms with E-state index >= 15 is 0 Å². The molecule has 0 atom stereocenters. The Labute approximate surface area is 95.7 Å². The minimum atomic E-state index is 0.333. The van der Waals surface area contributed by atoms with E-state index in [4.69, 9.17) is 10.2 Å². The van der Waals surface area contributed by atoms with E-state index in [0.29, 0.717) is 5.92 Å². The average molecular weight is 218 g/mol. The summed E-state index contributed by atoms with van der Waals surface area (Å²) in [5.74, 6) is 1.14. The van der Waals surface area contributed by atoms with Crippen LogP contribution in [-0.4, -0.2) is 11.5 Å². The number of hydrogen-bond acceptors (Lipinski definition) is 3. The van der Waals surface area contributed by atoms with Crippen molar-refractivity contribution in [1.29, 1.82) is 0 Å². The number of fused-ring (bicyclic) bond motifs is 1. The molecule has 1 aromatic heterocycles. The fourth-order valence-electron chi connectivity index (χ4n) is 1.70. The Morgan fingerprint density at radius 1 is 1.38 bits per heavy atom. The summed E-state index contributed by atoms with van der Waals surface area (Å²) in [7, 11) is 0. The highest BCUT2D eigenvalue weighted by Gasteiger charge is 2.09. The number of benzene rings is 1. The molecule has 0 aliphatic rings. The molecule has 0 amide bonds. The molecule has 3 heteroatoms. The molecule has 3 nitrogen and oxygen atoms in total. The maximum absolute atomic E-state index is 5.71. The fraction of sp³-hybridized carbons (Fsp3) is 0.462. The third kappa shape index (κ3) is 2.25. The lowest BCUT2D eigenvalue weighted by Crippen LogP contribution is -2.00. The van der Waals surface area contributed by atoms with Gasteiger partial charge in [0.1, 0.15) is 5.52 Å². The zero-order chi connectivity index (χ0) is 11.5. The van der Waals surface area contributed by atoms with Gasteiger partial charge in [0.15, 0.2) is 11.5 Å². The fourth-order valence-corrected chi connectivity index (χ4v) is 1.70. The first-order valence-corrected chi connectivity index (χ1v) is 5.80. The van der Waals surface area contributed by atoms with E-state index in [1.54, 1.807) is 0 Å². The third-order valence-electron chi connectivity index (χ3n) is 2.63. The summed E-state index contributed by atoms with van der Waals surface area (Å²) in [6.07, 6.45) is 2.01. The van der Waals surface area contributed by atoms with Crippen LogP contribution in [-0.2, 0) is 6.42 Å². The molecule has 0 unspecified atom stereocenters. The second-order valence-electron chi connectivity index (χ2n) is 4.40. The van der Waals surface area contributed by atoms with Crippen LogP contribution in [0.2, 0.25) is 0 Å². The van der Waals surface area contributed by atoms with Gasteiger partial charge in [0.25, 0.3) is 0 Å². The van der Waals surface area contributed by atoms with E-state index in [9.17, 15) is 0 Å². The Bertz CT molecular complexity index is 474. The van der Waals surface area contributed by atoms with Crippen LogP contribution >= 0.6 is 0 Å². The SMILES string of the molecule is CC(C)c1nc2ccc(CCCN)cc2o1. The van der Waals surface area contributed by atoms with Crippen LogP contribution in [0, 0.1) is 0 Å². The summed E-state index contributed by atoms with van der Waals surface area (Å²) in [4.78, 5) is 4.44. The van der Waals surface area contributed by atoms with Gasteiger partial charge in [-0.1, -0.05) is 19.9 Å². The summed E-state index contributed by atoms with van der Waals surface area (Å²) >= 11 is 0. The van der Waals surface area contributed by atoms with Gasteiger partial charge in [-0.05, 0) is 37.1 Å². The van der Waals surface area contributed by atoms with Crippen molar-refractivity contribution in [3.63, 3.8) is 0 Å². The number of oxazole rings is 1. The number of hydrogen-bond donors (Lipinski definition) is 1. The van der Waals surface area contributed by atoms with E-state index in [-0.39, 0.29) is 0 Å². The second kappa shape index (κ2) is 4.66. The Morgan fingerprint density at radius 3 is 2.88 bits per heavy atom. The molecule has 0 aliphatic heterocycles. The Kier molecular flexibility index (Phi) is 3.25. The van der Waals surface area contributed by atoms with Crippen molar-refractivity contribution in [3.8, 4) is 0 Å². The molecular weight excluding hydrogens is 200 g/mol. The molecule has 0 radical (unpaired) electrons.